The van der Waals surface area contributed by atoms with Gasteiger partial charge in [-0.15, -0.1) is 0 Å². The molecule has 0 radical (unpaired) electrons. The van der Waals surface area contributed by atoms with Gasteiger partial charge in [0.25, 0.3) is 0 Å². The zero-order valence-electron chi connectivity index (χ0n) is 50.0. The summed E-state index contributed by atoms with van der Waals surface area (Å²) in [6, 6.07) is 23.3. The molecule has 2 atom stereocenters. The summed E-state index contributed by atoms with van der Waals surface area (Å²) in [5.74, 6) is 0. The molecule has 2 aromatic rings. The lowest BCUT2D eigenvalue weighted by Gasteiger charge is -2.36. The van der Waals surface area contributed by atoms with Gasteiger partial charge in [-0.3, -0.25) is 0 Å². The van der Waals surface area contributed by atoms with Crippen LogP contribution in [-0.4, -0.2) is 81.4 Å². The molecule has 0 bridgehead atoms. The van der Waals surface area contributed by atoms with Crippen LogP contribution in [0.4, 0.5) is 0 Å². The Hall–Kier alpha value is -0.810. The maximum absolute atomic E-state index is 2.43. The van der Waals surface area contributed by atoms with Gasteiger partial charge in [0, 0.05) is 11.1 Å². The van der Waals surface area contributed by atoms with Gasteiger partial charge in [0.15, 0.2) is 0 Å². The first kappa shape index (κ1) is 76.7. The normalized spacial score (nSPS) is 12.3. The van der Waals surface area contributed by atoms with Crippen molar-refractivity contribution in [1.29, 1.82) is 0 Å². The molecule has 0 saturated heterocycles. The van der Waals surface area contributed by atoms with Gasteiger partial charge >= 0.3 is 0 Å². The molecule has 2 rings (SSSR count). The maximum Gasteiger partial charge on any atom is 0.104 e. The number of nitrogens with zero attached hydrogens (tertiary/aromatic N) is 3. The Morgan fingerprint density at radius 2 is 0.507 bits per heavy atom. The smallest absolute Gasteiger partial charge is 0.104 e. The standard InChI is InChI=1S/2C23H42N.C19H42N.3ClH/c2*1-5-6-7-8-9-10-11-12-13-15-18-22(2)24(3,4)21-23-19-16-14-17-20-23;1-5-6-7-8-9-10-11-12-13-14-15-16-17-18-19-20(2,3)4;;;/h2*14,16-17,19-20,22H,5-13,15,18,21H2,1-4H3;5-19H2,1-4H3;3*1H/q3*+1;;;/p-3. The molecule has 6 heteroatoms. The molecule has 71 heavy (non-hydrogen) atoms. The van der Waals surface area contributed by atoms with E-state index in [9.17, 15) is 0 Å². The number of rotatable bonds is 43. The summed E-state index contributed by atoms with van der Waals surface area (Å²) in [7, 11) is 16.4. The molecule has 0 aliphatic carbocycles. The Morgan fingerprint density at radius 1 is 0.296 bits per heavy atom. The Balaban J connectivity index is -0.000000467. The molecule has 0 aliphatic rings. The third-order valence-corrected chi connectivity index (χ3v) is 15.4. The van der Waals surface area contributed by atoms with Crippen molar-refractivity contribution in [2.45, 2.75) is 291 Å². The van der Waals surface area contributed by atoms with Crippen LogP contribution in [0.5, 0.6) is 0 Å². The second-order valence-electron chi connectivity index (χ2n) is 24.1. The van der Waals surface area contributed by atoms with E-state index in [4.69, 9.17) is 0 Å². The van der Waals surface area contributed by atoms with Gasteiger partial charge < -0.3 is 50.7 Å². The van der Waals surface area contributed by atoms with Gasteiger partial charge in [-0.1, -0.05) is 274 Å². The molecule has 0 fully saturated rings. The van der Waals surface area contributed by atoms with E-state index >= 15 is 0 Å². The summed E-state index contributed by atoms with van der Waals surface area (Å²) in [4.78, 5) is 0. The molecule has 0 saturated carbocycles. The van der Waals surface area contributed by atoms with Gasteiger partial charge in [-0.05, 0) is 52.4 Å². The molecule has 3 nitrogen and oxygen atoms in total. The van der Waals surface area contributed by atoms with Crippen molar-refractivity contribution in [3.8, 4) is 0 Å². The van der Waals surface area contributed by atoms with Gasteiger partial charge in [-0.25, -0.2) is 0 Å². The number of quaternary nitrogens is 3. The third-order valence-electron chi connectivity index (χ3n) is 15.4. The van der Waals surface area contributed by atoms with Crippen LogP contribution in [-0.2, 0) is 13.1 Å². The highest BCUT2D eigenvalue weighted by molar-refractivity contribution is 5.14. The zero-order valence-corrected chi connectivity index (χ0v) is 52.2. The minimum atomic E-state index is 0. The highest BCUT2D eigenvalue weighted by atomic mass is 35.5. The summed E-state index contributed by atoms with van der Waals surface area (Å²) in [6.07, 6.45) is 51.7. The van der Waals surface area contributed by atoms with Gasteiger partial charge in [0.1, 0.15) is 13.1 Å². The van der Waals surface area contributed by atoms with E-state index in [2.05, 4.69) is 145 Å². The van der Waals surface area contributed by atoms with E-state index in [1.807, 2.05) is 0 Å². The average Bonchev–Trinajstić information content (AvgIpc) is 3.30. The predicted molar refractivity (Wildman–Crippen MR) is 310 cm³/mol. The zero-order chi connectivity index (χ0) is 50.5. The highest BCUT2D eigenvalue weighted by Crippen LogP contribution is 2.22. The molecular weight excluding hydrogens is 929 g/mol. The summed E-state index contributed by atoms with van der Waals surface area (Å²) < 4.78 is 3.32. The number of unbranched alkanes of at least 4 members (excludes halogenated alkanes) is 31. The Bertz CT molecular complexity index is 1220. The maximum atomic E-state index is 2.43. The van der Waals surface area contributed by atoms with Crippen molar-refractivity contribution in [1.82, 2.24) is 0 Å². The van der Waals surface area contributed by atoms with E-state index in [0.717, 1.165) is 38.6 Å². The lowest BCUT2D eigenvalue weighted by atomic mass is 10.0. The predicted octanol–water partition coefficient (Wildman–Crippen LogP) is 11.1. The van der Waals surface area contributed by atoms with Crippen LogP contribution >= 0.6 is 0 Å². The first-order chi connectivity index (χ1) is 32.7. The Morgan fingerprint density at radius 3 is 0.732 bits per heavy atom. The molecule has 0 aromatic heterocycles. The Labute approximate surface area is 466 Å². The van der Waals surface area contributed by atoms with Gasteiger partial charge in [0.2, 0.25) is 0 Å². The fourth-order valence-electron chi connectivity index (χ4n) is 9.75. The number of halogens is 3. The van der Waals surface area contributed by atoms with Crippen molar-refractivity contribution < 1.29 is 50.7 Å². The topological polar surface area (TPSA) is 0 Å². The second kappa shape index (κ2) is 52.6. The number of hydrogen-bond donors (Lipinski definition) is 0. The van der Waals surface area contributed by atoms with Crippen LogP contribution in [0.3, 0.4) is 0 Å². The van der Waals surface area contributed by atoms with Crippen molar-refractivity contribution in [2.24, 2.45) is 0 Å². The molecule has 0 N–H and O–H groups in total. The molecule has 2 aromatic carbocycles. The fraction of sp³-hybridized carbons (Fsp3) is 0.815. The lowest BCUT2D eigenvalue weighted by molar-refractivity contribution is -0.926. The molecule has 422 valence electrons. The van der Waals surface area contributed by atoms with Crippen molar-refractivity contribution >= 4 is 0 Å². The van der Waals surface area contributed by atoms with Gasteiger partial charge in [0.05, 0.1) is 68.0 Å². The number of benzene rings is 2. The van der Waals surface area contributed by atoms with Crippen molar-refractivity contribution in [2.75, 3.05) is 55.9 Å². The van der Waals surface area contributed by atoms with E-state index < -0.39 is 0 Å². The SMILES string of the molecule is CCCCCCCCCCCCC(C)[N+](C)(C)Cc1ccccc1.CCCCCCCCCCCCC(C)[N+](C)(C)Cc1ccccc1.CCCCCCCCCCCCCCCC[N+](C)(C)C.[Cl-].[Cl-].[Cl-]. The molecular formula is C65H126Cl3N3. The largest absolute Gasteiger partial charge is 1.00 e. The van der Waals surface area contributed by atoms with Crippen LogP contribution in [0.2, 0.25) is 0 Å². The van der Waals surface area contributed by atoms with Crippen LogP contribution in [0, 0.1) is 0 Å². The van der Waals surface area contributed by atoms with Crippen LogP contribution in [0.1, 0.15) is 277 Å². The summed E-state index contributed by atoms with van der Waals surface area (Å²) in [5.41, 5.74) is 2.91. The summed E-state index contributed by atoms with van der Waals surface area (Å²) >= 11 is 0. The molecule has 0 aliphatic heterocycles. The van der Waals surface area contributed by atoms with Crippen molar-refractivity contribution in [3.05, 3.63) is 71.8 Å². The minimum absolute atomic E-state index is 0. The Kier molecular flexibility index (Phi) is 56.8. The average molecular weight is 1060 g/mol. The van der Waals surface area contributed by atoms with Crippen LogP contribution in [0.15, 0.2) is 60.7 Å². The summed E-state index contributed by atoms with van der Waals surface area (Å²) in [5, 5.41) is 0. The second-order valence-corrected chi connectivity index (χ2v) is 24.1. The molecule has 0 amide bonds. The molecule has 2 unspecified atom stereocenters. The highest BCUT2D eigenvalue weighted by Gasteiger charge is 2.25. The third kappa shape index (κ3) is 51.1. The fourth-order valence-corrected chi connectivity index (χ4v) is 9.75. The van der Waals surface area contributed by atoms with Crippen molar-refractivity contribution in [3.63, 3.8) is 0 Å². The first-order valence-corrected chi connectivity index (χ1v) is 30.2. The monoisotopic (exact) mass is 1050 g/mol. The van der Waals surface area contributed by atoms with E-state index in [1.54, 1.807) is 0 Å². The molecule has 0 heterocycles. The first-order valence-electron chi connectivity index (χ1n) is 30.2. The van der Waals surface area contributed by atoms with E-state index in [-0.39, 0.29) is 37.2 Å². The van der Waals surface area contributed by atoms with Crippen LogP contribution in [0.25, 0.3) is 0 Å². The summed E-state index contributed by atoms with van der Waals surface area (Å²) in [6.45, 7) is 15.3. The van der Waals surface area contributed by atoms with E-state index in [1.165, 1.54) is 249 Å². The minimum Gasteiger partial charge on any atom is -1.00 e. The van der Waals surface area contributed by atoms with Crippen LogP contribution < -0.4 is 37.2 Å². The lowest BCUT2D eigenvalue weighted by Crippen LogP contribution is -3.00. The quantitative estimate of drug-likeness (QED) is 0.0459. The molecule has 0 spiro atoms. The van der Waals surface area contributed by atoms with Gasteiger partial charge in [-0.2, -0.15) is 0 Å². The number of hydrogen-bond acceptors (Lipinski definition) is 0. The van der Waals surface area contributed by atoms with E-state index in [0.29, 0.717) is 0 Å².